The molecule has 0 unspecified atom stereocenters. The molecule has 0 N–H and O–H groups in total. The first-order chi connectivity index (χ1) is 9.85. The Labute approximate surface area is 123 Å². The van der Waals surface area contributed by atoms with Crippen LogP contribution in [0.2, 0.25) is 0 Å². The number of carbonyl (C=O) groups is 2. The van der Waals surface area contributed by atoms with E-state index in [1.807, 2.05) is 0 Å². The SMILES string of the molecule is Cc1ccccc1C(=O)S(=O)(=O)C(=O)c1ccccc1C. The zero-order valence-electron chi connectivity index (χ0n) is 11.7. The first-order valence-corrected chi connectivity index (χ1v) is 7.79. The van der Waals surface area contributed by atoms with E-state index in [2.05, 4.69) is 0 Å². The summed E-state index contributed by atoms with van der Waals surface area (Å²) < 4.78 is 24.5. The molecule has 108 valence electrons. The maximum Gasteiger partial charge on any atom is 0.285 e. The van der Waals surface area contributed by atoms with Crippen LogP contribution in [0.1, 0.15) is 31.8 Å². The highest BCUT2D eigenvalue weighted by Gasteiger charge is 2.34. The van der Waals surface area contributed by atoms with Crippen molar-refractivity contribution in [2.24, 2.45) is 0 Å². The number of hydrogen-bond donors (Lipinski definition) is 0. The van der Waals surface area contributed by atoms with Gasteiger partial charge < -0.3 is 0 Å². The van der Waals surface area contributed by atoms with Crippen molar-refractivity contribution in [1.29, 1.82) is 0 Å². The molecule has 0 heterocycles. The fourth-order valence-electron chi connectivity index (χ4n) is 1.98. The summed E-state index contributed by atoms with van der Waals surface area (Å²) in [5.74, 6) is 0. The van der Waals surface area contributed by atoms with Crippen molar-refractivity contribution >= 4 is 20.1 Å². The van der Waals surface area contributed by atoms with E-state index < -0.39 is 20.1 Å². The molecule has 0 aliphatic rings. The number of carbonyl (C=O) groups excluding carboxylic acids is 2. The quantitative estimate of drug-likeness (QED) is 0.855. The van der Waals surface area contributed by atoms with Gasteiger partial charge in [0.25, 0.3) is 20.1 Å². The molecule has 21 heavy (non-hydrogen) atoms. The summed E-state index contributed by atoms with van der Waals surface area (Å²) in [6.45, 7) is 3.25. The lowest BCUT2D eigenvalue weighted by atomic mass is 10.1. The minimum atomic E-state index is -4.57. The Morgan fingerprint density at radius 3 is 1.38 bits per heavy atom. The first-order valence-electron chi connectivity index (χ1n) is 6.30. The summed E-state index contributed by atoms with van der Waals surface area (Å²) >= 11 is 0. The average molecular weight is 302 g/mol. The number of rotatable bonds is 2. The lowest BCUT2D eigenvalue weighted by molar-refractivity contribution is 0.104. The van der Waals surface area contributed by atoms with Gasteiger partial charge in [0.1, 0.15) is 0 Å². The third kappa shape index (κ3) is 2.78. The highest BCUT2D eigenvalue weighted by Crippen LogP contribution is 2.17. The van der Waals surface area contributed by atoms with E-state index in [1.54, 1.807) is 50.2 Å². The maximum atomic E-state index is 12.2. The maximum absolute atomic E-state index is 12.2. The van der Waals surface area contributed by atoms with E-state index in [-0.39, 0.29) is 11.1 Å². The molecular weight excluding hydrogens is 288 g/mol. The van der Waals surface area contributed by atoms with E-state index in [4.69, 9.17) is 0 Å². The van der Waals surface area contributed by atoms with Gasteiger partial charge in [-0.2, -0.15) is 0 Å². The molecule has 0 saturated heterocycles. The van der Waals surface area contributed by atoms with Crippen molar-refractivity contribution in [2.75, 3.05) is 0 Å². The predicted octanol–water partition coefficient (Wildman–Crippen LogP) is 2.70. The molecule has 5 heteroatoms. The summed E-state index contributed by atoms with van der Waals surface area (Å²) in [6.07, 6.45) is 0. The molecule has 0 radical (unpaired) electrons. The topological polar surface area (TPSA) is 68.3 Å². The Kier molecular flexibility index (Phi) is 4.04. The highest BCUT2D eigenvalue weighted by molar-refractivity contribution is 8.19. The Bertz CT molecular complexity index is 756. The summed E-state index contributed by atoms with van der Waals surface area (Å²) in [5, 5.41) is -2.32. The fraction of sp³-hybridized carbons (Fsp3) is 0.125. The number of benzene rings is 2. The Hall–Kier alpha value is -2.27. The minimum Gasteiger partial charge on any atom is -0.275 e. The minimum absolute atomic E-state index is 0.0273. The molecule has 0 atom stereocenters. The summed E-state index contributed by atoms with van der Waals surface area (Å²) in [4.78, 5) is 24.4. The molecule has 0 aliphatic heterocycles. The van der Waals surface area contributed by atoms with Crippen LogP contribution in [-0.2, 0) is 9.84 Å². The Balaban J connectivity index is 2.48. The molecule has 0 saturated carbocycles. The zero-order valence-corrected chi connectivity index (χ0v) is 12.5. The van der Waals surface area contributed by atoms with Gasteiger partial charge in [0, 0.05) is 11.1 Å². The van der Waals surface area contributed by atoms with Gasteiger partial charge in [-0.25, -0.2) is 8.42 Å². The van der Waals surface area contributed by atoms with Crippen molar-refractivity contribution in [3.8, 4) is 0 Å². The number of hydrogen-bond acceptors (Lipinski definition) is 4. The summed E-state index contributed by atoms with van der Waals surface area (Å²) in [6, 6.07) is 12.6. The van der Waals surface area contributed by atoms with Crippen LogP contribution in [0, 0.1) is 13.8 Å². The van der Waals surface area contributed by atoms with Gasteiger partial charge in [-0.15, -0.1) is 0 Å². The van der Waals surface area contributed by atoms with Crippen LogP contribution in [-0.4, -0.2) is 18.6 Å². The van der Waals surface area contributed by atoms with Crippen LogP contribution in [0.15, 0.2) is 48.5 Å². The van der Waals surface area contributed by atoms with Crippen molar-refractivity contribution in [1.82, 2.24) is 0 Å². The van der Waals surface area contributed by atoms with Crippen LogP contribution >= 0.6 is 0 Å². The van der Waals surface area contributed by atoms with E-state index in [0.717, 1.165) is 0 Å². The van der Waals surface area contributed by atoms with Gasteiger partial charge in [0.05, 0.1) is 0 Å². The van der Waals surface area contributed by atoms with E-state index in [9.17, 15) is 18.0 Å². The normalized spacial score (nSPS) is 11.1. The lowest BCUT2D eigenvalue weighted by Gasteiger charge is -2.07. The predicted molar refractivity (Wildman–Crippen MR) is 79.9 cm³/mol. The molecule has 0 aromatic heterocycles. The molecule has 2 rings (SSSR count). The molecule has 0 bridgehead atoms. The molecule has 0 spiro atoms. The monoisotopic (exact) mass is 302 g/mol. The van der Waals surface area contributed by atoms with E-state index >= 15 is 0 Å². The smallest absolute Gasteiger partial charge is 0.275 e. The largest absolute Gasteiger partial charge is 0.285 e. The summed E-state index contributed by atoms with van der Waals surface area (Å²) in [5.41, 5.74) is 1.09. The molecule has 4 nitrogen and oxygen atoms in total. The first kappa shape index (κ1) is 15.1. The van der Waals surface area contributed by atoms with Crippen molar-refractivity contribution in [3.05, 3.63) is 70.8 Å². The van der Waals surface area contributed by atoms with Crippen molar-refractivity contribution in [3.63, 3.8) is 0 Å². The molecular formula is C16H14O4S. The molecule has 2 aromatic rings. The van der Waals surface area contributed by atoms with Gasteiger partial charge in [0.2, 0.25) is 0 Å². The zero-order chi connectivity index (χ0) is 15.6. The average Bonchev–Trinajstić information content (AvgIpc) is 2.47. The van der Waals surface area contributed by atoms with Crippen LogP contribution in [0.5, 0.6) is 0 Å². The second kappa shape index (κ2) is 5.61. The lowest BCUT2D eigenvalue weighted by Crippen LogP contribution is -2.25. The van der Waals surface area contributed by atoms with Crippen LogP contribution in [0.4, 0.5) is 0 Å². The third-order valence-corrected chi connectivity index (χ3v) is 4.63. The van der Waals surface area contributed by atoms with Crippen LogP contribution in [0.3, 0.4) is 0 Å². The summed E-state index contributed by atoms with van der Waals surface area (Å²) in [7, 11) is -4.57. The standard InChI is InChI=1S/C16H14O4S/c1-11-7-3-5-9-13(11)15(17)21(19,20)16(18)14-10-6-4-8-12(14)2/h3-10H,1-2H3. The number of aryl methyl sites for hydroxylation is 2. The second-order valence-corrected chi connectivity index (χ2v) is 6.46. The van der Waals surface area contributed by atoms with E-state index in [1.165, 1.54) is 12.1 Å². The van der Waals surface area contributed by atoms with Gasteiger partial charge in [-0.3, -0.25) is 9.59 Å². The fourth-order valence-corrected chi connectivity index (χ4v) is 3.18. The van der Waals surface area contributed by atoms with E-state index in [0.29, 0.717) is 11.1 Å². The number of sulfone groups is 1. The van der Waals surface area contributed by atoms with Gasteiger partial charge in [-0.1, -0.05) is 48.5 Å². The Morgan fingerprint density at radius 2 is 1.05 bits per heavy atom. The molecule has 0 fully saturated rings. The molecule has 0 amide bonds. The molecule has 0 aliphatic carbocycles. The van der Waals surface area contributed by atoms with Gasteiger partial charge in [-0.05, 0) is 25.0 Å². The van der Waals surface area contributed by atoms with Crippen molar-refractivity contribution < 1.29 is 18.0 Å². The Morgan fingerprint density at radius 1 is 0.714 bits per heavy atom. The van der Waals surface area contributed by atoms with Gasteiger partial charge in [0.15, 0.2) is 0 Å². The van der Waals surface area contributed by atoms with Crippen LogP contribution < -0.4 is 0 Å². The third-order valence-electron chi connectivity index (χ3n) is 3.22. The van der Waals surface area contributed by atoms with Crippen LogP contribution in [0.25, 0.3) is 0 Å². The van der Waals surface area contributed by atoms with Gasteiger partial charge >= 0.3 is 0 Å². The molecule has 2 aromatic carbocycles. The van der Waals surface area contributed by atoms with Crippen molar-refractivity contribution in [2.45, 2.75) is 13.8 Å². The second-order valence-electron chi connectivity index (χ2n) is 4.71. The highest BCUT2D eigenvalue weighted by atomic mass is 32.2.